The summed E-state index contributed by atoms with van der Waals surface area (Å²) in [4.78, 5) is 9.88. The molecular weight excluding hydrogens is 202 g/mol. The van der Waals surface area contributed by atoms with E-state index in [-0.39, 0.29) is 12.1 Å². The van der Waals surface area contributed by atoms with E-state index in [4.69, 9.17) is 11.6 Å². The van der Waals surface area contributed by atoms with Crippen molar-refractivity contribution in [3.8, 4) is 0 Å². The summed E-state index contributed by atoms with van der Waals surface area (Å²) in [6.07, 6.45) is 3.09. The van der Waals surface area contributed by atoms with E-state index < -0.39 is 0 Å². The Morgan fingerprint density at radius 2 is 2.14 bits per heavy atom. The average molecular weight is 216 g/mol. The van der Waals surface area contributed by atoms with Gasteiger partial charge in [-0.2, -0.15) is 0 Å². The number of aromatic nitrogens is 2. The van der Waals surface area contributed by atoms with Crippen molar-refractivity contribution < 1.29 is 5.11 Å². The number of hydrogen-bond donors (Lipinski definition) is 1. The van der Waals surface area contributed by atoms with Gasteiger partial charge >= 0.3 is 0 Å². The highest BCUT2D eigenvalue weighted by Crippen LogP contribution is 2.19. The van der Waals surface area contributed by atoms with Crippen LogP contribution in [0.1, 0.15) is 13.8 Å². The lowest BCUT2D eigenvalue weighted by Gasteiger charge is -2.34. The van der Waals surface area contributed by atoms with Gasteiger partial charge in [0.15, 0.2) is 0 Å². The average Bonchev–Trinajstić information content (AvgIpc) is 2.16. The van der Waals surface area contributed by atoms with Crippen LogP contribution in [-0.4, -0.2) is 34.3 Å². The molecule has 1 aromatic rings. The number of aliphatic hydroxyl groups excluding tert-OH is 1. The van der Waals surface area contributed by atoms with Gasteiger partial charge in [-0.1, -0.05) is 11.6 Å². The predicted octanol–water partition coefficient (Wildman–Crippen LogP) is 1.34. The van der Waals surface area contributed by atoms with Gasteiger partial charge in [-0.25, -0.2) is 4.98 Å². The van der Waals surface area contributed by atoms with Crippen molar-refractivity contribution in [1.82, 2.24) is 9.97 Å². The molecule has 1 N–H and O–H groups in total. The van der Waals surface area contributed by atoms with Gasteiger partial charge in [-0.3, -0.25) is 4.98 Å². The number of anilines is 1. The molecule has 0 aliphatic rings. The third-order valence-electron chi connectivity index (χ3n) is 2.23. The van der Waals surface area contributed by atoms with E-state index in [9.17, 15) is 5.11 Å². The second-order valence-corrected chi connectivity index (χ2v) is 4.12. The summed E-state index contributed by atoms with van der Waals surface area (Å²) in [5.74, 6) is 0.650. The Bertz CT molecular complexity index is 317. The van der Waals surface area contributed by atoms with E-state index in [1.165, 1.54) is 6.20 Å². The van der Waals surface area contributed by atoms with Crippen molar-refractivity contribution in [3.05, 3.63) is 17.5 Å². The summed E-state index contributed by atoms with van der Waals surface area (Å²) >= 11 is 5.72. The van der Waals surface area contributed by atoms with Crippen molar-refractivity contribution in [2.75, 3.05) is 18.6 Å². The van der Waals surface area contributed by atoms with Crippen molar-refractivity contribution in [3.63, 3.8) is 0 Å². The van der Waals surface area contributed by atoms with E-state index >= 15 is 0 Å². The second-order valence-electron chi connectivity index (χ2n) is 3.73. The standard InChI is InChI=1S/C9H14ClN3O/c1-9(2,6-14)13(3)8-5-11-4-7(10)12-8/h4-5,14H,6H2,1-3H3. The highest BCUT2D eigenvalue weighted by atomic mass is 35.5. The fourth-order valence-electron chi connectivity index (χ4n) is 0.910. The molecule has 0 radical (unpaired) electrons. The third kappa shape index (κ3) is 2.33. The number of halogens is 1. The normalized spacial score (nSPS) is 11.5. The molecule has 0 atom stereocenters. The molecule has 0 aliphatic carbocycles. The molecule has 0 spiro atoms. The van der Waals surface area contributed by atoms with Crippen LogP contribution in [0.25, 0.3) is 0 Å². The molecule has 14 heavy (non-hydrogen) atoms. The van der Waals surface area contributed by atoms with Crippen LogP contribution < -0.4 is 4.90 Å². The Morgan fingerprint density at radius 1 is 1.50 bits per heavy atom. The third-order valence-corrected chi connectivity index (χ3v) is 2.41. The summed E-state index contributed by atoms with van der Waals surface area (Å²) < 4.78 is 0. The Balaban J connectivity index is 2.94. The molecule has 1 aromatic heterocycles. The first-order valence-corrected chi connectivity index (χ1v) is 4.67. The highest BCUT2D eigenvalue weighted by Gasteiger charge is 2.23. The molecule has 0 saturated carbocycles. The van der Waals surface area contributed by atoms with Gasteiger partial charge in [0.1, 0.15) is 11.0 Å². The van der Waals surface area contributed by atoms with Crippen LogP contribution in [0.2, 0.25) is 5.15 Å². The monoisotopic (exact) mass is 215 g/mol. The first kappa shape index (κ1) is 11.2. The number of aliphatic hydroxyl groups is 1. The number of hydrogen-bond acceptors (Lipinski definition) is 4. The topological polar surface area (TPSA) is 49.2 Å². The molecule has 0 amide bonds. The zero-order valence-electron chi connectivity index (χ0n) is 8.53. The number of rotatable bonds is 3. The van der Waals surface area contributed by atoms with Crippen LogP contribution in [-0.2, 0) is 0 Å². The number of nitrogens with zero attached hydrogens (tertiary/aromatic N) is 3. The van der Waals surface area contributed by atoms with E-state index in [0.29, 0.717) is 11.0 Å². The summed E-state index contributed by atoms with van der Waals surface area (Å²) in [6, 6.07) is 0. The molecular formula is C9H14ClN3O. The van der Waals surface area contributed by atoms with Gasteiger partial charge in [0.25, 0.3) is 0 Å². The molecule has 1 heterocycles. The maximum absolute atomic E-state index is 9.17. The minimum absolute atomic E-state index is 0.0394. The Labute approximate surface area is 88.6 Å². The fourth-order valence-corrected chi connectivity index (χ4v) is 1.05. The van der Waals surface area contributed by atoms with Crippen molar-refractivity contribution in [2.45, 2.75) is 19.4 Å². The van der Waals surface area contributed by atoms with Crippen LogP contribution in [0.3, 0.4) is 0 Å². The van der Waals surface area contributed by atoms with Crippen LogP contribution in [0.15, 0.2) is 12.4 Å². The van der Waals surface area contributed by atoms with Gasteiger partial charge in [-0.05, 0) is 13.8 Å². The van der Waals surface area contributed by atoms with Crippen molar-refractivity contribution >= 4 is 17.4 Å². The lowest BCUT2D eigenvalue weighted by Crippen LogP contribution is -2.44. The highest BCUT2D eigenvalue weighted by molar-refractivity contribution is 6.29. The van der Waals surface area contributed by atoms with Gasteiger partial charge in [0.2, 0.25) is 0 Å². The van der Waals surface area contributed by atoms with Crippen LogP contribution in [0.4, 0.5) is 5.82 Å². The van der Waals surface area contributed by atoms with E-state index in [0.717, 1.165) is 0 Å². The first-order chi connectivity index (χ1) is 6.47. The lowest BCUT2D eigenvalue weighted by atomic mass is 10.1. The summed E-state index contributed by atoms with van der Waals surface area (Å²) in [5, 5.41) is 9.52. The Morgan fingerprint density at radius 3 is 2.64 bits per heavy atom. The number of likely N-dealkylation sites (N-methyl/N-ethyl adjacent to an activating group) is 1. The van der Waals surface area contributed by atoms with Crippen LogP contribution in [0.5, 0.6) is 0 Å². The zero-order valence-corrected chi connectivity index (χ0v) is 9.28. The lowest BCUT2D eigenvalue weighted by molar-refractivity contribution is 0.215. The summed E-state index contributed by atoms with van der Waals surface area (Å²) in [6.45, 7) is 3.86. The molecule has 0 aliphatic heterocycles. The quantitative estimate of drug-likeness (QED) is 0.827. The molecule has 0 fully saturated rings. The zero-order chi connectivity index (χ0) is 10.8. The van der Waals surface area contributed by atoms with Gasteiger partial charge in [0, 0.05) is 7.05 Å². The Hall–Kier alpha value is -0.870. The fraction of sp³-hybridized carbons (Fsp3) is 0.556. The molecule has 0 bridgehead atoms. The Kier molecular flexibility index (Phi) is 3.29. The minimum Gasteiger partial charge on any atom is -0.394 e. The summed E-state index contributed by atoms with van der Waals surface area (Å²) in [7, 11) is 1.84. The van der Waals surface area contributed by atoms with Crippen molar-refractivity contribution in [2.24, 2.45) is 0 Å². The van der Waals surface area contributed by atoms with Gasteiger partial charge in [-0.15, -0.1) is 0 Å². The summed E-state index contributed by atoms with van der Waals surface area (Å²) in [5.41, 5.74) is -0.376. The largest absolute Gasteiger partial charge is 0.394 e. The van der Waals surface area contributed by atoms with Crippen molar-refractivity contribution in [1.29, 1.82) is 0 Å². The second kappa shape index (κ2) is 4.11. The molecule has 78 valence electrons. The molecule has 1 rings (SSSR count). The molecule has 0 aromatic carbocycles. The molecule has 5 heteroatoms. The molecule has 4 nitrogen and oxygen atoms in total. The van der Waals surface area contributed by atoms with Gasteiger partial charge in [0.05, 0.1) is 24.5 Å². The SMILES string of the molecule is CN(c1cncc(Cl)n1)C(C)(C)CO. The smallest absolute Gasteiger partial charge is 0.149 e. The minimum atomic E-state index is -0.376. The maximum Gasteiger partial charge on any atom is 0.149 e. The predicted molar refractivity (Wildman–Crippen MR) is 56.6 cm³/mol. The van der Waals surface area contributed by atoms with E-state index in [1.807, 2.05) is 25.8 Å². The van der Waals surface area contributed by atoms with Gasteiger partial charge < -0.3 is 10.0 Å². The van der Waals surface area contributed by atoms with Crippen LogP contribution >= 0.6 is 11.6 Å². The van der Waals surface area contributed by atoms with Crippen LogP contribution in [0, 0.1) is 0 Å². The first-order valence-electron chi connectivity index (χ1n) is 4.29. The van der Waals surface area contributed by atoms with E-state index in [2.05, 4.69) is 9.97 Å². The molecule has 0 unspecified atom stereocenters. The molecule has 0 saturated heterocycles. The maximum atomic E-state index is 9.17. The van der Waals surface area contributed by atoms with E-state index in [1.54, 1.807) is 6.20 Å².